The first-order valence-electron chi connectivity index (χ1n) is 34.2. The maximum absolute atomic E-state index is 5.85. The Kier molecular flexibility index (Phi) is 17.3. The first kappa shape index (κ1) is 61.8. The Labute approximate surface area is 591 Å². The van der Waals surface area contributed by atoms with Crippen LogP contribution in [0.5, 0.6) is 0 Å². The summed E-state index contributed by atoms with van der Waals surface area (Å²) >= 11 is 0. The molecule has 4 aliphatic rings. The molecule has 4 nitrogen and oxygen atoms in total. The van der Waals surface area contributed by atoms with Gasteiger partial charge < -0.3 is 4.98 Å². The van der Waals surface area contributed by atoms with Gasteiger partial charge in [0.15, 0.2) is 35.2 Å². The fourth-order valence-electron chi connectivity index (χ4n) is 14.5. The van der Waals surface area contributed by atoms with Gasteiger partial charge in [0.25, 0.3) is 0 Å². The molecule has 4 radical (unpaired) electrons. The number of nitrogens with one attached hydrogen (secondary N) is 1. The number of aliphatic imine (C=N–C) groups is 3. The molecule has 100 heavy (non-hydrogen) atoms. The molecule has 5 heterocycles. The lowest BCUT2D eigenvalue weighted by Gasteiger charge is -2.18. The van der Waals surface area contributed by atoms with Gasteiger partial charge in [0, 0.05) is 39.4 Å². The molecule has 17 rings (SSSR count). The molecule has 0 fully saturated rings. The van der Waals surface area contributed by atoms with Crippen LogP contribution in [0.25, 0.3) is 22.3 Å². The van der Waals surface area contributed by atoms with E-state index in [4.69, 9.17) is 15.0 Å². The maximum atomic E-state index is 5.85. The van der Waals surface area contributed by atoms with Crippen LogP contribution in [0.2, 0.25) is 0 Å². The molecule has 13 aromatic rings. The lowest BCUT2D eigenvalue weighted by molar-refractivity contribution is 1.25. The van der Waals surface area contributed by atoms with E-state index in [9.17, 15) is 0 Å². The Bertz CT molecular complexity index is 5380. The third-order valence-corrected chi connectivity index (χ3v) is 30.1. The van der Waals surface area contributed by atoms with Crippen LogP contribution in [0.3, 0.4) is 0 Å². The molecular formula is C92H66N4Si4. The molecule has 0 aliphatic carbocycles. The summed E-state index contributed by atoms with van der Waals surface area (Å²) in [4.78, 5) is 21.6. The molecule has 8 heteroatoms. The number of nitrogens with zero attached hydrogens (tertiary/aromatic N) is 3. The number of benzene rings is 12. The summed E-state index contributed by atoms with van der Waals surface area (Å²) < 4.78 is 0. The minimum Gasteiger partial charge on any atom is -0.354 e. The van der Waals surface area contributed by atoms with Crippen molar-refractivity contribution in [3.63, 3.8) is 0 Å². The third-order valence-electron chi connectivity index (χ3n) is 19.2. The van der Waals surface area contributed by atoms with E-state index in [1.54, 1.807) is 0 Å². The summed E-state index contributed by atoms with van der Waals surface area (Å²) in [5, 5.41) is 17.9. The zero-order valence-corrected chi connectivity index (χ0v) is 58.9. The zero-order chi connectivity index (χ0) is 66.6. The van der Waals surface area contributed by atoms with E-state index in [1.807, 2.05) is 0 Å². The summed E-state index contributed by atoms with van der Waals surface area (Å²) in [6.45, 7) is 0. The van der Waals surface area contributed by atoms with Gasteiger partial charge in [-0.3, -0.25) is 4.99 Å². The van der Waals surface area contributed by atoms with Gasteiger partial charge in [-0.15, -0.1) is 0 Å². The fraction of sp³-hybridized carbons (Fsp3) is 0.0109. The standard InChI is InChI=1S/C92H66N4Si4/c1-9-25-69(26-10-1)97(70-27-11-2-12-28-70)77-49-41-65(42-50-77)89-81-57-59-83(93-81)90(66-43-51-78(52-44-66)98(71-29-13-3-14-30-71)72-31-15-4-16-32-72)85-61-63-87(95-85)92(68-47-55-80(56-48-68)100(75-37-21-7-22-38-75)76-39-23-8-24-40-76)88-64-62-86(96-88)91(84-60-58-82(89)94-84)67-45-53-79(54-46-67)99(73-33-17-5-18-34-73)74-35-19-6-20-36-74/h1-63,93H,64H2. The summed E-state index contributed by atoms with van der Waals surface area (Å²) in [6, 6.07) is 130. The van der Waals surface area contributed by atoms with Crippen LogP contribution >= 0.6 is 0 Å². The Hall–Kier alpha value is -11.8. The van der Waals surface area contributed by atoms with Crippen LogP contribution in [0.4, 0.5) is 0 Å². The minimum atomic E-state index is -1.35. The smallest absolute Gasteiger partial charge is 0.154 e. The molecular weight excluding hydrogens is 1270 g/mol. The predicted molar refractivity (Wildman–Crippen MR) is 428 cm³/mol. The van der Waals surface area contributed by atoms with E-state index in [1.165, 1.54) is 62.2 Å². The monoisotopic (exact) mass is 1340 g/mol. The number of fused-ring (bicyclic) bond motifs is 5. The summed E-state index contributed by atoms with van der Waals surface area (Å²) in [5.74, 6) is 0. The van der Waals surface area contributed by atoms with Crippen molar-refractivity contribution in [3.8, 4) is 0 Å². The molecule has 0 saturated carbocycles. The highest BCUT2D eigenvalue weighted by Crippen LogP contribution is 2.38. The van der Waals surface area contributed by atoms with Crippen LogP contribution in [0.1, 0.15) is 28.7 Å². The van der Waals surface area contributed by atoms with Gasteiger partial charge in [-0.05, 0) is 58.7 Å². The lowest BCUT2D eigenvalue weighted by Crippen LogP contribution is -2.51. The molecule has 12 aromatic carbocycles. The van der Waals surface area contributed by atoms with Gasteiger partial charge >= 0.3 is 0 Å². The average molecular weight is 1340 g/mol. The van der Waals surface area contributed by atoms with Gasteiger partial charge in [0.2, 0.25) is 0 Å². The molecule has 1 N–H and O–H groups in total. The van der Waals surface area contributed by atoms with Crippen molar-refractivity contribution in [1.82, 2.24) is 4.98 Å². The second kappa shape index (κ2) is 28.0. The van der Waals surface area contributed by atoms with Crippen molar-refractivity contribution in [3.05, 3.63) is 432 Å². The highest BCUT2D eigenvalue weighted by atomic mass is 28.3. The molecule has 0 unspecified atom stereocenters. The number of hydrogen-bond donors (Lipinski definition) is 1. The Balaban J connectivity index is 0.880. The SMILES string of the molecule is C1=CC2=C(c3ccc([Si](c4ccccc4)c4ccccc4)cc3)C3=CCC(=N3)C(c3ccc([Si](c4ccccc4)c4ccccc4)cc3)=C3C=CC(=N3)C(c3ccc([Si](c4ccccc4)c4ccccc4)cc3)=c3ccc([nH]3)=C(c3ccc([Si](c4ccccc4)c4ccccc4)cc3)C1=N2. The van der Waals surface area contributed by atoms with Gasteiger partial charge in [-0.25, -0.2) is 9.98 Å². The molecule has 0 amide bonds. The maximum Gasteiger partial charge on any atom is 0.154 e. The van der Waals surface area contributed by atoms with Crippen molar-refractivity contribution in [2.24, 2.45) is 15.0 Å². The second-order valence-electron chi connectivity index (χ2n) is 25.3. The minimum absolute atomic E-state index is 0.603. The summed E-state index contributed by atoms with van der Waals surface area (Å²) in [7, 11) is -5.38. The van der Waals surface area contributed by atoms with Crippen LogP contribution in [-0.4, -0.2) is 57.3 Å². The lowest BCUT2D eigenvalue weighted by atomic mass is 9.97. The van der Waals surface area contributed by atoms with E-state index in [0.29, 0.717) is 6.42 Å². The average Bonchev–Trinajstić information content (AvgIpc) is 1.56. The quantitative estimate of drug-likeness (QED) is 0.0741. The van der Waals surface area contributed by atoms with Crippen molar-refractivity contribution < 1.29 is 0 Å². The molecule has 4 aliphatic heterocycles. The van der Waals surface area contributed by atoms with Crippen LogP contribution in [0.15, 0.2) is 414 Å². The molecule has 0 spiro atoms. The van der Waals surface area contributed by atoms with Crippen LogP contribution in [-0.2, 0) is 0 Å². The summed E-state index contributed by atoms with van der Waals surface area (Å²) in [6.07, 6.45) is 11.8. The highest BCUT2D eigenvalue weighted by molar-refractivity contribution is 6.97. The largest absolute Gasteiger partial charge is 0.354 e. The van der Waals surface area contributed by atoms with Crippen molar-refractivity contribution in [2.45, 2.75) is 6.42 Å². The van der Waals surface area contributed by atoms with E-state index < -0.39 is 35.2 Å². The molecule has 8 bridgehead atoms. The second-order valence-corrected chi connectivity index (χ2v) is 35.2. The molecule has 1 aromatic heterocycles. The highest BCUT2D eigenvalue weighted by Gasteiger charge is 2.30. The van der Waals surface area contributed by atoms with Crippen LogP contribution < -0.4 is 72.9 Å². The number of allylic oxidation sites excluding steroid dienone is 7. The third kappa shape index (κ3) is 12.5. The first-order valence-corrected chi connectivity index (χ1v) is 40.2. The van der Waals surface area contributed by atoms with E-state index >= 15 is 0 Å². The normalized spacial score (nSPS) is 14.2. The van der Waals surface area contributed by atoms with Crippen molar-refractivity contribution >= 4 is 137 Å². The number of hydrogen-bond acceptors (Lipinski definition) is 3. The van der Waals surface area contributed by atoms with Gasteiger partial charge in [0.1, 0.15) is 0 Å². The van der Waals surface area contributed by atoms with E-state index in [2.05, 4.69) is 387 Å². The number of H-pyrrole nitrogens is 1. The molecule has 0 atom stereocenters. The number of rotatable bonds is 16. The van der Waals surface area contributed by atoms with Gasteiger partial charge in [-0.2, -0.15) is 0 Å². The van der Waals surface area contributed by atoms with Gasteiger partial charge in [-0.1, -0.05) is 408 Å². The van der Waals surface area contributed by atoms with Gasteiger partial charge in [0.05, 0.1) is 34.2 Å². The zero-order valence-electron chi connectivity index (χ0n) is 54.9. The Morgan fingerprint density at radius 3 is 0.740 bits per heavy atom. The number of aromatic nitrogens is 1. The van der Waals surface area contributed by atoms with Crippen LogP contribution in [0, 0.1) is 0 Å². The topological polar surface area (TPSA) is 52.9 Å². The van der Waals surface area contributed by atoms with E-state index in [0.717, 1.165) is 89.5 Å². The van der Waals surface area contributed by atoms with E-state index in [-0.39, 0.29) is 0 Å². The fourth-order valence-corrected chi connectivity index (χ4v) is 24.7. The Morgan fingerprint density at radius 2 is 0.460 bits per heavy atom. The predicted octanol–water partition coefficient (Wildman–Crippen LogP) is 10.1. The molecule has 0 saturated heterocycles. The molecule has 470 valence electrons. The first-order chi connectivity index (χ1) is 49.6. The number of aromatic amines is 1. The summed E-state index contributed by atoms with van der Waals surface area (Å²) in [5.41, 5.74) is 13.6. The Morgan fingerprint density at radius 1 is 0.220 bits per heavy atom. The van der Waals surface area contributed by atoms with Crippen molar-refractivity contribution in [1.29, 1.82) is 0 Å². The van der Waals surface area contributed by atoms with Crippen molar-refractivity contribution in [2.75, 3.05) is 0 Å².